The summed E-state index contributed by atoms with van der Waals surface area (Å²) >= 11 is 0. The highest BCUT2D eigenvalue weighted by Gasteiger charge is 2.22. The largest absolute Gasteiger partial charge is 0.497 e. The molecule has 0 atom stereocenters. The Kier molecular flexibility index (Phi) is 4.56. The highest BCUT2D eigenvalue weighted by molar-refractivity contribution is 7.92. The van der Waals surface area contributed by atoms with Gasteiger partial charge in [0, 0.05) is 6.07 Å². The van der Waals surface area contributed by atoms with E-state index in [1.54, 1.807) is 19.1 Å². The zero-order valence-electron chi connectivity index (χ0n) is 12.4. The quantitative estimate of drug-likeness (QED) is 0.918. The number of halogens is 1. The van der Waals surface area contributed by atoms with Gasteiger partial charge in [-0.15, -0.1) is 0 Å². The van der Waals surface area contributed by atoms with E-state index in [-0.39, 0.29) is 16.3 Å². The fourth-order valence-corrected chi connectivity index (χ4v) is 3.15. The third-order valence-corrected chi connectivity index (χ3v) is 4.42. The number of rotatable bonds is 5. The van der Waals surface area contributed by atoms with Crippen molar-refractivity contribution in [1.82, 2.24) is 0 Å². The molecule has 2 rings (SSSR count). The van der Waals surface area contributed by atoms with E-state index in [0.29, 0.717) is 11.3 Å². The molecular weight excluding hydrogens is 309 g/mol. The number of anilines is 1. The normalized spacial score (nSPS) is 11.1. The Balaban J connectivity index is 2.46. The summed E-state index contributed by atoms with van der Waals surface area (Å²) in [7, 11) is -1.24. The lowest BCUT2D eigenvalue weighted by Crippen LogP contribution is -2.15. The van der Waals surface area contributed by atoms with Gasteiger partial charge >= 0.3 is 0 Å². The van der Waals surface area contributed by atoms with E-state index in [0.717, 1.165) is 0 Å². The van der Waals surface area contributed by atoms with Crippen LogP contribution in [-0.4, -0.2) is 22.6 Å². The Hall–Kier alpha value is -2.28. The van der Waals surface area contributed by atoms with Gasteiger partial charge in [-0.1, -0.05) is 6.07 Å². The molecule has 0 spiro atoms. The Morgan fingerprint density at radius 3 is 2.36 bits per heavy atom. The molecule has 0 heterocycles. The van der Waals surface area contributed by atoms with E-state index in [4.69, 9.17) is 9.47 Å². The van der Waals surface area contributed by atoms with Crippen LogP contribution in [0.15, 0.2) is 41.3 Å². The topological polar surface area (TPSA) is 64.6 Å². The molecule has 0 radical (unpaired) electrons. The minimum atomic E-state index is -4.02. The average Bonchev–Trinajstić information content (AvgIpc) is 2.49. The second-order valence-corrected chi connectivity index (χ2v) is 6.26. The molecule has 7 heteroatoms. The lowest BCUT2D eigenvalue weighted by Gasteiger charge is -2.13. The van der Waals surface area contributed by atoms with E-state index < -0.39 is 15.8 Å². The van der Waals surface area contributed by atoms with Crippen molar-refractivity contribution in [2.75, 3.05) is 18.9 Å². The van der Waals surface area contributed by atoms with Crippen LogP contribution in [0.2, 0.25) is 0 Å². The van der Waals surface area contributed by atoms with Crippen molar-refractivity contribution < 1.29 is 22.3 Å². The molecule has 2 aromatic carbocycles. The van der Waals surface area contributed by atoms with Crippen molar-refractivity contribution in [3.05, 3.63) is 47.8 Å². The molecule has 0 unspecified atom stereocenters. The lowest BCUT2D eigenvalue weighted by molar-refractivity contribution is 0.392. The average molecular weight is 325 g/mol. The number of nitrogens with one attached hydrogen (secondary N) is 1. The first-order valence-electron chi connectivity index (χ1n) is 6.38. The third kappa shape index (κ3) is 3.30. The molecule has 22 heavy (non-hydrogen) atoms. The van der Waals surface area contributed by atoms with Crippen LogP contribution in [0.25, 0.3) is 0 Å². The number of sulfonamides is 1. The van der Waals surface area contributed by atoms with Crippen LogP contribution in [0, 0.1) is 12.7 Å². The summed E-state index contributed by atoms with van der Waals surface area (Å²) in [6, 6.07) is 8.59. The fraction of sp³-hybridized carbons (Fsp3) is 0.200. The first-order valence-corrected chi connectivity index (χ1v) is 7.86. The maximum Gasteiger partial charge on any atom is 0.265 e. The molecular formula is C15H16FNO4S. The van der Waals surface area contributed by atoms with Gasteiger partial charge < -0.3 is 9.47 Å². The first kappa shape index (κ1) is 16.1. The number of aryl methyl sites for hydroxylation is 1. The molecule has 0 fully saturated rings. The summed E-state index contributed by atoms with van der Waals surface area (Å²) in [5.74, 6) is -0.156. The first-order chi connectivity index (χ1) is 10.4. The third-order valence-electron chi connectivity index (χ3n) is 3.03. The van der Waals surface area contributed by atoms with Gasteiger partial charge in [-0.3, -0.25) is 4.72 Å². The molecule has 1 N–H and O–H groups in total. The van der Waals surface area contributed by atoms with Gasteiger partial charge in [0.25, 0.3) is 10.0 Å². The summed E-state index contributed by atoms with van der Waals surface area (Å²) in [6.45, 7) is 1.71. The molecule has 0 aliphatic carbocycles. The van der Waals surface area contributed by atoms with Gasteiger partial charge in [0.15, 0.2) is 0 Å². The minimum Gasteiger partial charge on any atom is -0.497 e. The molecule has 0 amide bonds. The van der Waals surface area contributed by atoms with Gasteiger partial charge in [0.05, 0.1) is 19.9 Å². The molecule has 0 aromatic heterocycles. The Bertz CT molecular complexity index is 790. The minimum absolute atomic E-state index is 0.129. The van der Waals surface area contributed by atoms with Crippen molar-refractivity contribution >= 4 is 15.7 Å². The zero-order chi connectivity index (χ0) is 16.3. The molecule has 0 aliphatic heterocycles. The Labute approximate surface area is 128 Å². The monoisotopic (exact) mass is 325 g/mol. The van der Waals surface area contributed by atoms with Crippen LogP contribution in [0.3, 0.4) is 0 Å². The number of hydrogen-bond acceptors (Lipinski definition) is 4. The van der Waals surface area contributed by atoms with Crippen molar-refractivity contribution in [3.63, 3.8) is 0 Å². The number of hydrogen-bond donors (Lipinski definition) is 1. The fourth-order valence-electron chi connectivity index (χ4n) is 1.90. The predicted molar refractivity (Wildman–Crippen MR) is 81.5 cm³/mol. The molecule has 0 bridgehead atoms. The van der Waals surface area contributed by atoms with Crippen LogP contribution in [0.1, 0.15) is 5.56 Å². The van der Waals surface area contributed by atoms with Crippen LogP contribution in [0.4, 0.5) is 10.1 Å². The smallest absolute Gasteiger partial charge is 0.265 e. The maximum atomic E-state index is 13.8. The van der Waals surface area contributed by atoms with Crippen molar-refractivity contribution in [2.45, 2.75) is 11.8 Å². The van der Waals surface area contributed by atoms with Gasteiger partial charge in [-0.2, -0.15) is 0 Å². The van der Waals surface area contributed by atoms with Gasteiger partial charge in [-0.25, -0.2) is 12.8 Å². The lowest BCUT2D eigenvalue weighted by atomic mass is 10.2. The molecule has 118 valence electrons. The SMILES string of the molecule is COc1ccc(OC)c(S(=O)(=O)Nc2ccc(C)cc2F)c1. The van der Waals surface area contributed by atoms with Gasteiger partial charge in [-0.05, 0) is 36.8 Å². The van der Waals surface area contributed by atoms with Crippen molar-refractivity contribution in [1.29, 1.82) is 0 Å². The Morgan fingerprint density at radius 1 is 1.05 bits per heavy atom. The Morgan fingerprint density at radius 2 is 1.77 bits per heavy atom. The second kappa shape index (κ2) is 6.23. The van der Waals surface area contributed by atoms with E-state index in [2.05, 4.69) is 4.72 Å². The summed E-state index contributed by atoms with van der Waals surface area (Å²) < 4.78 is 51.1. The second-order valence-electron chi connectivity index (χ2n) is 4.61. The van der Waals surface area contributed by atoms with Gasteiger partial charge in [0.1, 0.15) is 22.2 Å². The highest BCUT2D eigenvalue weighted by Crippen LogP contribution is 2.30. The van der Waals surface area contributed by atoms with Crippen LogP contribution < -0.4 is 14.2 Å². The summed E-state index contributed by atoms with van der Waals surface area (Å²) in [5, 5.41) is 0. The maximum absolute atomic E-state index is 13.8. The van der Waals surface area contributed by atoms with Crippen LogP contribution in [-0.2, 0) is 10.0 Å². The zero-order valence-corrected chi connectivity index (χ0v) is 13.2. The van der Waals surface area contributed by atoms with Crippen molar-refractivity contribution in [2.24, 2.45) is 0 Å². The molecule has 0 saturated heterocycles. The van der Waals surface area contributed by atoms with E-state index in [9.17, 15) is 12.8 Å². The standard InChI is InChI=1S/C15H16FNO4S/c1-10-4-6-13(12(16)8-10)17-22(18,19)15-9-11(20-2)5-7-14(15)21-3/h4-9,17H,1-3H3. The molecule has 5 nitrogen and oxygen atoms in total. The van der Waals surface area contributed by atoms with Gasteiger partial charge in [0.2, 0.25) is 0 Å². The van der Waals surface area contributed by atoms with E-state index in [1.807, 2.05) is 0 Å². The van der Waals surface area contributed by atoms with E-state index >= 15 is 0 Å². The summed E-state index contributed by atoms with van der Waals surface area (Å²) in [4.78, 5) is -0.130. The number of benzene rings is 2. The van der Waals surface area contributed by atoms with Crippen LogP contribution in [0.5, 0.6) is 11.5 Å². The number of methoxy groups -OCH3 is 2. The predicted octanol–water partition coefficient (Wildman–Crippen LogP) is 2.95. The van der Waals surface area contributed by atoms with Crippen molar-refractivity contribution in [3.8, 4) is 11.5 Å². The molecule has 0 saturated carbocycles. The van der Waals surface area contributed by atoms with E-state index in [1.165, 1.54) is 38.5 Å². The molecule has 0 aliphatic rings. The summed E-state index contributed by atoms with van der Waals surface area (Å²) in [6.07, 6.45) is 0. The number of ether oxygens (including phenoxy) is 2. The van der Waals surface area contributed by atoms with Crippen LogP contribution >= 0.6 is 0 Å². The highest BCUT2D eigenvalue weighted by atomic mass is 32.2. The molecule has 2 aromatic rings. The summed E-state index contributed by atoms with van der Waals surface area (Å²) in [5.41, 5.74) is 0.565.